The minimum absolute atomic E-state index is 0.0376. The maximum atomic E-state index is 13.8. The van der Waals surface area contributed by atoms with Gasteiger partial charge in [0.2, 0.25) is 12.5 Å². The van der Waals surface area contributed by atoms with E-state index in [0.717, 1.165) is 33.6 Å². The molecule has 3 aromatic rings. The maximum absolute atomic E-state index is 13.8. The number of Topliss-reactive ketones (excluding diaryl/α,β-unsaturated/α-hetero) is 1. The fraction of sp³-hybridized carbons (Fsp3) is 0.276. The van der Waals surface area contributed by atoms with Crippen LogP contribution in [0.25, 0.3) is 0 Å². The fourth-order valence-corrected chi connectivity index (χ4v) is 5.57. The summed E-state index contributed by atoms with van der Waals surface area (Å²) < 4.78 is 27.9. The van der Waals surface area contributed by atoms with Crippen molar-refractivity contribution in [2.75, 3.05) is 33.4 Å². The van der Waals surface area contributed by atoms with Crippen LogP contribution in [-0.2, 0) is 4.79 Å². The van der Waals surface area contributed by atoms with Crippen molar-refractivity contribution in [2.24, 2.45) is 0 Å². The third kappa shape index (κ3) is 3.54. The molecule has 0 aromatic heterocycles. The zero-order valence-corrected chi connectivity index (χ0v) is 20.4. The molecule has 0 bridgehead atoms. The predicted molar refractivity (Wildman–Crippen MR) is 135 cm³/mol. The summed E-state index contributed by atoms with van der Waals surface area (Å²) in [5.41, 5.74) is 5.75. The van der Waals surface area contributed by atoms with E-state index in [1.165, 1.54) is 0 Å². The van der Waals surface area contributed by atoms with Gasteiger partial charge in [-0.1, -0.05) is 30.3 Å². The van der Waals surface area contributed by atoms with Gasteiger partial charge >= 0.3 is 0 Å². The summed E-state index contributed by atoms with van der Waals surface area (Å²) in [7, 11) is 4.78. The van der Waals surface area contributed by atoms with Crippen molar-refractivity contribution in [3.8, 4) is 28.7 Å². The molecular formula is C29H27NO6. The summed E-state index contributed by atoms with van der Waals surface area (Å²) in [5.74, 6) is 3.02. The number of ether oxygens (including phenoxy) is 5. The number of hydrogen-bond acceptors (Lipinski definition) is 7. The van der Waals surface area contributed by atoms with Gasteiger partial charge in [0.05, 0.1) is 21.3 Å². The second kappa shape index (κ2) is 8.82. The van der Waals surface area contributed by atoms with E-state index in [0.29, 0.717) is 41.6 Å². The van der Waals surface area contributed by atoms with Crippen molar-refractivity contribution >= 4 is 11.5 Å². The summed E-state index contributed by atoms with van der Waals surface area (Å²) in [5, 5.41) is 3.57. The number of fused-ring (bicyclic) bond motifs is 2. The molecule has 0 fully saturated rings. The fourth-order valence-electron chi connectivity index (χ4n) is 5.57. The van der Waals surface area contributed by atoms with Gasteiger partial charge in [0.1, 0.15) is 0 Å². The molecule has 2 heterocycles. The molecule has 184 valence electrons. The van der Waals surface area contributed by atoms with Crippen LogP contribution in [0.5, 0.6) is 28.7 Å². The highest BCUT2D eigenvalue weighted by atomic mass is 16.7. The molecule has 7 nitrogen and oxygen atoms in total. The zero-order chi connectivity index (χ0) is 24.8. The number of carbonyl (C=O) groups is 1. The lowest BCUT2D eigenvalue weighted by Gasteiger charge is -2.37. The molecule has 3 aromatic carbocycles. The van der Waals surface area contributed by atoms with Crippen molar-refractivity contribution in [3.05, 3.63) is 82.6 Å². The van der Waals surface area contributed by atoms with Crippen LogP contribution >= 0.6 is 0 Å². The quantitative estimate of drug-likeness (QED) is 0.519. The molecule has 0 unspecified atom stereocenters. The number of nitrogens with one attached hydrogen (secondary N) is 1. The predicted octanol–water partition coefficient (Wildman–Crippen LogP) is 5.40. The minimum Gasteiger partial charge on any atom is -0.493 e. The molecule has 7 heteroatoms. The van der Waals surface area contributed by atoms with Crippen LogP contribution < -0.4 is 29.0 Å². The Bertz CT molecular complexity index is 1360. The van der Waals surface area contributed by atoms with Gasteiger partial charge in [-0.3, -0.25) is 4.79 Å². The number of methoxy groups -OCH3 is 3. The van der Waals surface area contributed by atoms with Crippen LogP contribution in [0.15, 0.2) is 65.9 Å². The van der Waals surface area contributed by atoms with Gasteiger partial charge < -0.3 is 29.0 Å². The van der Waals surface area contributed by atoms with E-state index in [-0.39, 0.29) is 24.4 Å². The number of carbonyl (C=O) groups excluding carboxylic acids is 1. The van der Waals surface area contributed by atoms with Crippen molar-refractivity contribution in [2.45, 2.75) is 24.7 Å². The van der Waals surface area contributed by atoms with Gasteiger partial charge in [-0.25, -0.2) is 0 Å². The second-order valence-corrected chi connectivity index (χ2v) is 9.14. The summed E-state index contributed by atoms with van der Waals surface area (Å²) in [6.45, 7) is 0.198. The third-order valence-electron chi connectivity index (χ3n) is 7.23. The number of ketones is 1. The largest absolute Gasteiger partial charge is 0.493 e. The standard InChI is InChI=1S/C29H27NO6/c1-32-25-11-18(12-26(33-2)29(25)34-3)17-9-21-28(22(31)10-17)27(16-7-5-4-6-8-16)19-13-23-24(36-15-35-23)14-20(19)30-21/h4-8,11-14,17,27,30H,9-10,15H2,1-3H3/t17-,27-/m1/s1. The zero-order valence-electron chi connectivity index (χ0n) is 20.4. The summed E-state index contributed by atoms with van der Waals surface area (Å²) in [6.07, 6.45) is 1.07. The first-order valence-electron chi connectivity index (χ1n) is 11.9. The summed E-state index contributed by atoms with van der Waals surface area (Å²) in [4.78, 5) is 13.8. The lowest BCUT2D eigenvalue weighted by molar-refractivity contribution is -0.116. The van der Waals surface area contributed by atoms with E-state index < -0.39 is 0 Å². The van der Waals surface area contributed by atoms with E-state index in [4.69, 9.17) is 23.7 Å². The molecule has 0 saturated carbocycles. The summed E-state index contributed by atoms with van der Waals surface area (Å²) in [6, 6.07) is 18.0. The molecule has 0 amide bonds. The highest BCUT2D eigenvalue weighted by Crippen LogP contribution is 2.52. The van der Waals surface area contributed by atoms with Crippen LogP contribution in [0.4, 0.5) is 5.69 Å². The van der Waals surface area contributed by atoms with E-state index in [1.807, 2.05) is 42.5 Å². The lowest BCUT2D eigenvalue weighted by Crippen LogP contribution is -2.29. The van der Waals surface area contributed by atoms with Gasteiger partial charge in [-0.2, -0.15) is 0 Å². The van der Waals surface area contributed by atoms with E-state index in [1.54, 1.807) is 21.3 Å². The first kappa shape index (κ1) is 22.3. The third-order valence-corrected chi connectivity index (χ3v) is 7.23. The Morgan fingerprint density at radius 1 is 0.833 bits per heavy atom. The first-order chi connectivity index (χ1) is 17.6. The van der Waals surface area contributed by atoms with Gasteiger partial charge in [0, 0.05) is 35.4 Å². The normalized spacial score (nSPS) is 19.8. The highest BCUT2D eigenvalue weighted by Gasteiger charge is 2.39. The molecule has 1 N–H and O–H groups in total. The Morgan fingerprint density at radius 3 is 2.19 bits per heavy atom. The molecular weight excluding hydrogens is 458 g/mol. The monoisotopic (exact) mass is 485 g/mol. The highest BCUT2D eigenvalue weighted by molar-refractivity contribution is 6.02. The van der Waals surface area contributed by atoms with Gasteiger partial charge in [-0.15, -0.1) is 0 Å². The molecule has 0 saturated heterocycles. The molecule has 2 atom stereocenters. The molecule has 2 aliphatic heterocycles. The Hall–Kier alpha value is -4.13. The number of allylic oxidation sites excluding steroid dienone is 2. The average Bonchev–Trinajstić information content (AvgIpc) is 3.37. The molecule has 36 heavy (non-hydrogen) atoms. The van der Waals surface area contributed by atoms with E-state index in [2.05, 4.69) is 17.4 Å². The SMILES string of the molecule is COc1cc([C@H]2CC(=O)C3=C(C2)Nc2cc4c(cc2[C@H]3c2ccccc2)OCO4)cc(OC)c1OC. The minimum atomic E-state index is -0.180. The number of benzene rings is 3. The molecule has 6 rings (SSSR count). The topological polar surface area (TPSA) is 75.3 Å². The molecule has 1 aliphatic carbocycles. The lowest BCUT2D eigenvalue weighted by atomic mass is 9.72. The van der Waals surface area contributed by atoms with Crippen LogP contribution in [-0.4, -0.2) is 33.9 Å². The summed E-state index contributed by atoms with van der Waals surface area (Å²) >= 11 is 0. The van der Waals surface area contributed by atoms with Crippen LogP contribution in [0, 0.1) is 0 Å². The molecule has 0 radical (unpaired) electrons. The Kier molecular flexibility index (Phi) is 5.48. The van der Waals surface area contributed by atoms with Crippen LogP contribution in [0.1, 0.15) is 41.4 Å². The van der Waals surface area contributed by atoms with Crippen molar-refractivity contribution in [1.29, 1.82) is 0 Å². The van der Waals surface area contributed by atoms with E-state index >= 15 is 0 Å². The van der Waals surface area contributed by atoms with Gasteiger partial charge in [0.15, 0.2) is 28.8 Å². The number of rotatable bonds is 5. The molecule has 3 aliphatic rings. The van der Waals surface area contributed by atoms with Crippen LogP contribution in [0.3, 0.4) is 0 Å². The van der Waals surface area contributed by atoms with E-state index in [9.17, 15) is 4.79 Å². The van der Waals surface area contributed by atoms with Crippen molar-refractivity contribution in [3.63, 3.8) is 0 Å². The van der Waals surface area contributed by atoms with Gasteiger partial charge in [-0.05, 0) is 47.2 Å². The van der Waals surface area contributed by atoms with Crippen molar-refractivity contribution < 1.29 is 28.5 Å². The smallest absolute Gasteiger partial charge is 0.231 e. The van der Waals surface area contributed by atoms with Gasteiger partial charge in [0.25, 0.3) is 0 Å². The Labute approximate surface area is 209 Å². The Morgan fingerprint density at radius 2 is 1.53 bits per heavy atom. The molecule has 0 spiro atoms. The first-order valence-corrected chi connectivity index (χ1v) is 11.9. The van der Waals surface area contributed by atoms with Crippen LogP contribution in [0.2, 0.25) is 0 Å². The average molecular weight is 486 g/mol. The number of hydrogen-bond donors (Lipinski definition) is 1. The maximum Gasteiger partial charge on any atom is 0.231 e. The second-order valence-electron chi connectivity index (χ2n) is 9.14. The Balaban J connectivity index is 1.45. The number of anilines is 1. The van der Waals surface area contributed by atoms with Crippen molar-refractivity contribution in [1.82, 2.24) is 0 Å².